The summed E-state index contributed by atoms with van der Waals surface area (Å²) in [4.78, 5) is 9.07. The molecule has 5 heteroatoms. The minimum Gasteiger partial charge on any atom is -0.388 e. The van der Waals surface area contributed by atoms with E-state index in [1.807, 2.05) is 27.8 Å². The third-order valence-electron chi connectivity index (χ3n) is 3.80. The zero-order valence-electron chi connectivity index (χ0n) is 13.4. The predicted molar refractivity (Wildman–Crippen MR) is 84.3 cm³/mol. The Labute approximate surface area is 122 Å². The van der Waals surface area contributed by atoms with Crippen LogP contribution in [0.4, 0.5) is 11.6 Å². The molecule has 0 spiro atoms. The van der Waals surface area contributed by atoms with E-state index in [0.717, 1.165) is 48.7 Å². The van der Waals surface area contributed by atoms with Crippen LogP contribution in [0.1, 0.15) is 51.4 Å². The summed E-state index contributed by atoms with van der Waals surface area (Å²) in [6, 6.07) is 0. The highest BCUT2D eigenvalue weighted by molar-refractivity contribution is 5.57. The summed E-state index contributed by atoms with van der Waals surface area (Å²) in [7, 11) is 1.86. The van der Waals surface area contributed by atoms with Crippen LogP contribution in [0.5, 0.6) is 0 Å². The Bertz CT molecular complexity index is 430. The van der Waals surface area contributed by atoms with Gasteiger partial charge in [-0.2, -0.15) is 0 Å². The van der Waals surface area contributed by atoms with Crippen molar-refractivity contribution in [2.24, 2.45) is 0 Å². The molecule has 0 saturated heterocycles. The molecule has 0 atom stereocenters. The molecule has 0 aromatic carbocycles. The maximum atomic E-state index is 10.4. The lowest BCUT2D eigenvalue weighted by Crippen LogP contribution is -2.35. The summed E-state index contributed by atoms with van der Waals surface area (Å²) < 4.78 is 0. The van der Waals surface area contributed by atoms with Crippen LogP contribution < -0.4 is 10.6 Å². The van der Waals surface area contributed by atoms with Crippen molar-refractivity contribution in [3.8, 4) is 0 Å². The van der Waals surface area contributed by atoms with Crippen molar-refractivity contribution >= 4 is 11.6 Å². The molecule has 0 radical (unpaired) electrons. The molecule has 0 aliphatic carbocycles. The highest BCUT2D eigenvalue weighted by Gasteiger charge is 2.22. The third kappa shape index (κ3) is 4.07. The lowest BCUT2D eigenvalue weighted by atomic mass is 9.97. The van der Waals surface area contributed by atoms with Crippen LogP contribution in [0.15, 0.2) is 0 Å². The number of hydrogen-bond donors (Lipinski definition) is 3. The fourth-order valence-electron chi connectivity index (χ4n) is 2.06. The van der Waals surface area contributed by atoms with Crippen molar-refractivity contribution in [1.82, 2.24) is 9.97 Å². The summed E-state index contributed by atoms with van der Waals surface area (Å²) >= 11 is 0. The van der Waals surface area contributed by atoms with Gasteiger partial charge in [0.25, 0.3) is 0 Å². The van der Waals surface area contributed by atoms with Crippen LogP contribution in [-0.4, -0.2) is 34.3 Å². The molecule has 1 heterocycles. The predicted octanol–water partition coefficient (Wildman–Crippen LogP) is 2.74. The summed E-state index contributed by atoms with van der Waals surface area (Å²) in [6.07, 6.45) is 3.32. The molecular weight excluding hydrogens is 252 g/mol. The van der Waals surface area contributed by atoms with Crippen LogP contribution in [0.2, 0.25) is 0 Å². The Hall–Kier alpha value is -1.36. The van der Waals surface area contributed by atoms with E-state index in [1.165, 1.54) is 0 Å². The number of anilines is 2. The molecule has 20 heavy (non-hydrogen) atoms. The fourth-order valence-corrected chi connectivity index (χ4v) is 2.06. The summed E-state index contributed by atoms with van der Waals surface area (Å²) in [5.74, 6) is 2.50. The molecule has 0 fully saturated rings. The number of rotatable bonds is 8. The van der Waals surface area contributed by atoms with Gasteiger partial charge < -0.3 is 15.7 Å². The molecule has 3 N–H and O–H groups in total. The second-order valence-corrected chi connectivity index (χ2v) is 5.25. The fraction of sp³-hybridized carbons (Fsp3) is 0.733. The zero-order valence-corrected chi connectivity index (χ0v) is 13.4. The SMILES string of the molecule is CCCc1nc(NC)c(C)c(NCC(O)(CC)CC)n1. The minimum absolute atomic E-state index is 0.507. The van der Waals surface area contributed by atoms with Gasteiger partial charge in [0.15, 0.2) is 0 Å². The van der Waals surface area contributed by atoms with Crippen LogP contribution in [0.3, 0.4) is 0 Å². The molecule has 1 rings (SSSR count). The van der Waals surface area contributed by atoms with E-state index < -0.39 is 5.60 Å². The Morgan fingerprint density at radius 1 is 1.10 bits per heavy atom. The van der Waals surface area contributed by atoms with Crippen LogP contribution in [0, 0.1) is 6.92 Å². The monoisotopic (exact) mass is 280 g/mol. The first-order chi connectivity index (χ1) is 9.49. The number of aryl methyl sites for hydroxylation is 1. The number of aromatic nitrogens is 2. The molecule has 114 valence electrons. The first-order valence-electron chi connectivity index (χ1n) is 7.51. The van der Waals surface area contributed by atoms with Crippen molar-refractivity contribution in [3.05, 3.63) is 11.4 Å². The average molecular weight is 280 g/mol. The highest BCUT2D eigenvalue weighted by atomic mass is 16.3. The Morgan fingerprint density at radius 3 is 2.20 bits per heavy atom. The quantitative estimate of drug-likeness (QED) is 0.683. The zero-order chi connectivity index (χ0) is 15.2. The van der Waals surface area contributed by atoms with E-state index in [2.05, 4.69) is 27.5 Å². The number of aliphatic hydroxyl groups is 1. The third-order valence-corrected chi connectivity index (χ3v) is 3.80. The van der Waals surface area contributed by atoms with Gasteiger partial charge in [-0.05, 0) is 26.2 Å². The molecule has 0 unspecified atom stereocenters. The van der Waals surface area contributed by atoms with Crippen molar-refractivity contribution in [2.75, 3.05) is 24.2 Å². The average Bonchev–Trinajstić information content (AvgIpc) is 2.47. The number of nitrogens with zero attached hydrogens (tertiary/aromatic N) is 2. The second-order valence-electron chi connectivity index (χ2n) is 5.25. The van der Waals surface area contributed by atoms with Gasteiger partial charge in [0.2, 0.25) is 0 Å². The maximum Gasteiger partial charge on any atom is 0.134 e. The summed E-state index contributed by atoms with van der Waals surface area (Å²) in [5, 5.41) is 16.8. The van der Waals surface area contributed by atoms with Crippen molar-refractivity contribution < 1.29 is 5.11 Å². The maximum absolute atomic E-state index is 10.4. The van der Waals surface area contributed by atoms with Crippen molar-refractivity contribution in [1.29, 1.82) is 0 Å². The van der Waals surface area contributed by atoms with E-state index in [1.54, 1.807) is 0 Å². The van der Waals surface area contributed by atoms with Gasteiger partial charge in [-0.3, -0.25) is 0 Å². The highest BCUT2D eigenvalue weighted by Crippen LogP contribution is 2.22. The van der Waals surface area contributed by atoms with Crippen molar-refractivity contribution in [2.45, 2.75) is 59.0 Å². The molecule has 1 aromatic heterocycles. The van der Waals surface area contributed by atoms with Gasteiger partial charge in [-0.1, -0.05) is 20.8 Å². The van der Waals surface area contributed by atoms with E-state index in [-0.39, 0.29) is 0 Å². The van der Waals surface area contributed by atoms with E-state index >= 15 is 0 Å². The first-order valence-corrected chi connectivity index (χ1v) is 7.51. The normalized spacial score (nSPS) is 11.5. The molecule has 0 saturated carbocycles. The van der Waals surface area contributed by atoms with E-state index in [0.29, 0.717) is 6.54 Å². The topological polar surface area (TPSA) is 70.1 Å². The number of nitrogens with one attached hydrogen (secondary N) is 2. The van der Waals surface area contributed by atoms with Gasteiger partial charge in [0, 0.05) is 25.6 Å². The molecule has 0 aliphatic heterocycles. The van der Waals surface area contributed by atoms with Crippen LogP contribution >= 0.6 is 0 Å². The minimum atomic E-state index is -0.678. The first kappa shape index (κ1) is 16.7. The Kier molecular flexibility index (Phi) is 6.20. The molecular formula is C15H28N4O. The molecule has 0 aliphatic rings. The van der Waals surface area contributed by atoms with Gasteiger partial charge in [0.1, 0.15) is 17.5 Å². The van der Waals surface area contributed by atoms with Crippen molar-refractivity contribution in [3.63, 3.8) is 0 Å². The summed E-state index contributed by atoms with van der Waals surface area (Å²) in [6.45, 7) is 8.61. The van der Waals surface area contributed by atoms with Gasteiger partial charge in [-0.15, -0.1) is 0 Å². The van der Waals surface area contributed by atoms with E-state index in [4.69, 9.17) is 0 Å². The molecule has 0 amide bonds. The lowest BCUT2D eigenvalue weighted by Gasteiger charge is -2.26. The molecule has 0 bridgehead atoms. The summed E-state index contributed by atoms with van der Waals surface area (Å²) in [5.41, 5.74) is 0.309. The van der Waals surface area contributed by atoms with Gasteiger partial charge in [-0.25, -0.2) is 9.97 Å². The molecule has 5 nitrogen and oxygen atoms in total. The lowest BCUT2D eigenvalue weighted by molar-refractivity contribution is 0.0456. The second kappa shape index (κ2) is 7.43. The smallest absolute Gasteiger partial charge is 0.134 e. The Morgan fingerprint density at radius 2 is 1.70 bits per heavy atom. The number of hydrogen-bond acceptors (Lipinski definition) is 5. The standard InChI is InChI=1S/C15H28N4O/c1-6-9-12-18-13(16-5)11(4)14(19-12)17-10-15(20,7-2)8-3/h20H,6-10H2,1-5H3,(H2,16,17,18,19). The van der Waals surface area contributed by atoms with E-state index in [9.17, 15) is 5.11 Å². The van der Waals surface area contributed by atoms with Crippen LogP contribution in [0.25, 0.3) is 0 Å². The van der Waals surface area contributed by atoms with Gasteiger partial charge >= 0.3 is 0 Å². The van der Waals surface area contributed by atoms with Gasteiger partial charge in [0.05, 0.1) is 5.60 Å². The largest absolute Gasteiger partial charge is 0.388 e. The van der Waals surface area contributed by atoms with Crippen LogP contribution in [-0.2, 0) is 6.42 Å². The Balaban J connectivity index is 2.95. The molecule has 1 aromatic rings.